The molecule has 1 aromatic heterocycles. The van der Waals surface area contributed by atoms with Gasteiger partial charge < -0.3 is 4.90 Å². The minimum atomic E-state index is -3.52. The summed E-state index contributed by atoms with van der Waals surface area (Å²) in [5, 5.41) is 0. The lowest BCUT2D eigenvalue weighted by atomic mass is 9.93. The van der Waals surface area contributed by atoms with Crippen LogP contribution in [0.3, 0.4) is 0 Å². The van der Waals surface area contributed by atoms with Crippen molar-refractivity contribution in [3.8, 4) is 0 Å². The smallest absolute Gasteiger partial charge is 0.245 e. The van der Waals surface area contributed by atoms with Gasteiger partial charge >= 0.3 is 0 Å². The van der Waals surface area contributed by atoms with Crippen LogP contribution in [0, 0.1) is 5.92 Å². The van der Waals surface area contributed by atoms with Gasteiger partial charge in [-0.25, -0.2) is 8.42 Å². The second kappa shape index (κ2) is 5.23. The first kappa shape index (κ1) is 14.5. The molecule has 2 saturated heterocycles. The van der Waals surface area contributed by atoms with Crippen molar-refractivity contribution in [1.29, 1.82) is 0 Å². The lowest BCUT2D eigenvalue weighted by Gasteiger charge is -2.36. The summed E-state index contributed by atoms with van der Waals surface area (Å²) in [5.41, 5.74) is 1.16. The van der Waals surface area contributed by atoms with Crippen molar-refractivity contribution in [2.24, 2.45) is 5.92 Å². The maximum atomic E-state index is 13.2. The van der Waals surface area contributed by atoms with Crippen molar-refractivity contribution in [2.45, 2.75) is 23.8 Å². The maximum Gasteiger partial charge on any atom is 0.245 e. The number of benzene rings is 1. The second-order valence-corrected chi connectivity index (χ2v) is 8.56. The zero-order valence-corrected chi connectivity index (χ0v) is 14.0. The van der Waals surface area contributed by atoms with Crippen LogP contribution in [0.1, 0.15) is 12.8 Å². The van der Waals surface area contributed by atoms with Crippen molar-refractivity contribution >= 4 is 32.8 Å². The number of nitrogens with zero attached hydrogens (tertiary/aromatic N) is 4. The monoisotopic (exact) mass is 338 g/mol. The molecule has 0 bridgehead atoms. The molecule has 2 aromatic rings. The summed E-state index contributed by atoms with van der Waals surface area (Å²) in [6, 6.07) is 5.29. The number of sulfonamides is 1. The Labute approximate surface area is 134 Å². The fourth-order valence-electron chi connectivity index (χ4n) is 3.67. The van der Waals surface area contributed by atoms with Crippen LogP contribution in [0.4, 0.5) is 0 Å². The molecule has 8 heteroatoms. The van der Waals surface area contributed by atoms with Crippen LogP contribution in [-0.2, 0) is 10.0 Å². The van der Waals surface area contributed by atoms with Gasteiger partial charge in [-0.1, -0.05) is 6.07 Å². The molecule has 0 saturated carbocycles. The molecule has 118 valence electrons. The number of rotatable bonds is 2. The van der Waals surface area contributed by atoms with Crippen LogP contribution >= 0.6 is 11.7 Å². The molecule has 0 radical (unpaired) electrons. The largest absolute Gasteiger partial charge is 0.305 e. The predicted octanol–water partition coefficient (Wildman–Crippen LogP) is 1.41. The normalized spacial score (nSPS) is 27.3. The summed E-state index contributed by atoms with van der Waals surface area (Å²) >= 11 is 1.06. The summed E-state index contributed by atoms with van der Waals surface area (Å²) in [5.74, 6) is 0.485. The van der Waals surface area contributed by atoms with Crippen LogP contribution < -0.4 is 0 Å². The SMILES string of the molecule is CN1CC[C@@H]2CCN(S(=O)(=O)c3cccc4nsnc34)[C@H]2C1. The molecule has 0 spiro atoms. The van der Waals surface area contributed by atoms with E-state index in [1.165, 1.54) is 0 Å². The third-order valence-corrected chi connectivity index (χ3v) is 7.35. The summed E-state index contributed by atoms with van der Waals surface area (Å²) in [6.45, 7) is 2.48. The van der Waals surface area contributed by atoms with Crippen molar-refractivity contribution in [2.75, 3.05) is 26.7 Å². The maximum absolute atomic E-state index is 13.2. The number of likely N-dealkylation sites (tertiary alicyclic amines) is 1. The summed E-state index contributed by atoms with van der Waals surface area (Å²) in [4.78, 5) is 2.52. The van der Waals surface area contributed by atoms with Gasteiger partial charge in [-0.2, -0.15) is 13.1 Å². The Hall–Kier alpha value is -1.09. The quantitative estimate of drug-likeness (QED) is 0.828. The average molecular weight is 338 g/mol. The number of aromatic nitrogens is 2. The predicted molar refractivity (Wildman–Crippen MR) is 85.3 cm³/mol. The van der Waals surface area contributed by atoms with Crippen LogP contribution in [0.25, 0.3) is 11.0 Å². The first-order valence-corrected chi connectivity index (χ1v) is 9.66. The van der Waals surface area contributed by atoms with E-state index >= 15 is 0 Å². The molecule has 2 aliphatic rings. The van der Waals surface area contributed by atoms with Gasteiger partial charge in [-0.05, 0) is 44.5 Å². The highest BCUT2D eigenvalue weighted by Crippen LogP contribution is 2.36. The molecule has 4 rings (SSSR count). The number of hydrogen-bond donors (Lipinski definition) is 0. The van der Waals surface area contributed by atoms with Crippen LogP contribution in [-0.4, -0.2) is 59.1 Å². The number of fused-ring (bicyclic) bond motifs is 2. The van der Waals surface area contributed by atoms with E-state index in [0.717, 1.165) is 37.7 Å². The Morgan fingerprint density at radius 3 is 2.91 bits per heavy atom. The van der Waals surface area contributed by atoms with Gasteiger partial charge in [-0.15, -0.1) is 0 Å². The van der Waals surface area contributed by atoms with Gasteiger partial charge in [0.05, 0.1) is 11.7 Å². The van der Waals surface area contributed by atoms with E-state index in [4.69, 9.17) is 0 Å². The Kier molecular flexibility index (Phi) is 3.44. The molecule has 0 N–H and O–H groups in total. The molecule has 22 heavy (non-hydrogen) atoms. The van der Waals surface area contributed by atoms with Crippen molar-refractivity contribution in [1.82, 2.24) is 18.0 Å². The lowest BCUT2D eigenvalue weighted by Crippen LogP contribution is -2.48. The highest BCUT2D eigenvalue weighted by Gasteiger charge is 2.44. The van der Waals surface area contributed by atoms with Gasteiger partial charge in [0.2, 0.25) is 10.0 Å². The van der Waals surface area contributed by atoms with E-state index in [1.807, 2.05) is 0 Å². The fraction of sp³-hybridized carbons (Fsp3) is 0.571. The summed E-state index contributed by atoms with van der Waals surface area (Å²) < 4.78 is 36.3. The van der Waals surface area contributed by atoms with Gasteiger partial charge in [0.25, 0.3) is 0 Å². The van der Waals surface area contributed by atoms with Gasteiger partial charge in [0, 0.05) is 19.1 Å². The Bertz CT molecular complexity index is 804. The molecule has 0 amide bonds. The molecule has 2 aliphatic heterocycles. The molecular formula is C14H18N4O2S2. The van der Waals surface area contributed by atoms with E-state index in [-0.39, 0.29) is 6.04 Å². The minimum absolute atomic E-state index is 0.0885. The third-order valence-electron chi connectivity index (χ3n) is 4.85. The Balaban J connectivity index is 1.76. The Morgan fingerprint density at radius 2 is 2.05 bits per heavy atom. The van der Waals surface area contributed by atoms with E-state index in [9.17, 15) is 8.42 Å². The number of piperidine rings is 1. The van der Waals surface area contributed by atoms with Crippen molar-refractivity contribution in [3.63, 3.8) is 0 Å². The lowest BCUT2D eigenvalue weighted by molar-refractivity contribution is 0.165. The zero-order chi connectivity index (χ0) is 15.3. The minimum Gasteiger partial charge on any atom is -0.305 e. The van der Waals surface area contributed by atoms with Crippen molar-refractivity contribution in [3.05, 3.63) is 18.2 Å². The topological polar surface area (TPSA) is 66.4 Å². The first-order valence-electron chi connectivity index (χ1n) is 7.49. The van der Waals surface area contributed by atoms with Crippen LogP contribution in [0.15, 0.2) is 23.1 Å². The van der Waals surface area contributed by atoms with E-state index in [2.05, 4.69) is 20.7 Å². The van der Waals surface area contributed by atoms with Gasteiger partial charge in [0.1, 0.15) is 15.9 Å². The molecule has 0 aliphatic carbocycles. The highest BCUT2D eigenvalue weighted by molar-refractivity contribution is 7.89. The average Bonchev–Trinajstić information content (AvgIpc) is 3.12. The first-order chi connectivity index (χ1) is 10.6. The zero-order valence-electron chi connectivity index (χ0n) is 12.3. The molecule has 2 atom stereocenters. The third kappa shape index (κ3) is 2.17. The van der Waals surface area contributed by atoms with E-state index in [1.54, 1.807) is 22.5 Å². The number of hydrogen-bond acceptors (Lipinski definition) is 6. The summed E-state index contributed by atoms with van der Waals surface area (Å²) in [7, 11) is -1.46. The van der Waals surface area contributed by atoms with Gasteiger partial charge in [0.15, 0.2) is 0 Å². The van der Waals surface area contributed by atoms with Crippen molar-refractivity contribution < 1.29 is 8.42 Å². The fourth-order valence-corrected chi connectivity index (χ4v) is 6.12. The van der Waals surface area contributed by atoms with Crippen LogP contribution in [0.2, 0.25) is 0 Å². The highest BCUT2D eigenvalue weighted by atomic mass is 32.2. The Morgan fingerprint density at radius 1 is 1.23 bits per heavy atom. The van der Waals surface area contributed by atoms with E-state index in [0.29, 0.717) is 28.4 Å². The number of likely N-dealkylation sites (N-methyl/N-ethyl adjacent to an activating group) is 1. The molecule has 3 heterocycles. The second-order valence-electron chi connectivity index (χ2n) is 6.17. The molecule has 0 unspecified atom stereocenters. The molecule has 6 nitrogen and oxygen atoms in total. The van der Waals surface area contributed by atoms with Gasteiger partial charge in [-0.3, -0.25) is 0 Å². The molecular weight excluding hydrogens is 320 g/mol. The molecule has 2 fully saturated rings. The van der Waals surface area contributed by atoms with Crippen LogP contribution in [0.5, 0.6) is 0 Å². The molecule has 1 aromatic carbocycles. The standard InChI is InChI=1S/C14H18N4O2S2/c1-17-7-5-10-6-8-18(12(10)9-17)22(19,20)13-4-2-3-11-14(13)16-21-15-11/h2-4,10,12H,5-9H2,1H3/t10-,12+/m1/s1. The summed E-state index contributed by atoms with van der Waals surface area (Å²) in [6.07, 6.45) is 2.04. The van der Waals surface area contributed by atoms with E-state index < -0.39 is 10.0 Å².